The third kappa shape index (κ3) is 2.95. The molecule has 2 unspecified atom stereocenters. The molecule has 1 aromatic rings. The third-order valence-electron chi connectivity index (χ3n) is 3.68. The molecule has 7 nitrogen and oxygen atoms in total. The molecule has 19 heavy (non-hydrogen) atoms. The van der Waals surface area contributed by atoms with Gasteiger partial charge in [-0.15, -0.1) is 0 Å². The number of rotatable bonds is 5. The Balaban J connectivity index is 2.10. The van der Waals surface area contributed by atoms with Gasteiger partial charge in [0.2, 0.25) is 0 Å². The molecule has 3 N–H and O–H groups in total. The van der Waals surface area contributed by atoms with Crippen molar-refractivity contribution in [2.24, 2.45) is 11.8 Å². The lowest BCUT2D eigenvalue weighted by Crippen LogP contribution is -2.31. The highest BCUT2D eigenvalue weighted by molar-refractivity contribution is 7.89. The van der Waals surface area contributed by atoms with Gasteiger partial charge in [-0.05, 0) is 18.3 Å². The van der Waals surface area contributed by atoms with Gasteiger partial charge in [-0.1, -0.05) is 19.8 Å². The molecule has 0 radical (unpaired) electrons. The molecule has 0 aliphatic heterocycles. The minimum absolute atomic E-state index is 0.311. The van der Waals surface area contributed by atoms with Gasteiger partial charge >= 0.3 is 5.97 Å². The average molecular weight is 287 g/mol. The van der Waals surface area contributed by atoms with E-state index in [9.17, 15) is 13.2 Å². The summed E-state index contributed by atoms with van der Waals surface area (Å²) in [6.45, 7) is 2.44. The van der Waals surface area contributed by atoms with Crippen LogP contribution in [0.4, 0.5) is 0 Å². The monoisotopic (exact) mass is 287 g/mol. The van der Waals surface area contributed by atoms with E-state index in [0.29, 0.717) is 18.4 Å². The summed E-state index contributed by atoms with van der Waals surface area (Å²) in [7, 11) is -3.85. The second kappa shape index (κ2) is 5.30. The van der Waals surface area contributed by atoms with Crippen LogP contribution in [0.25, 0.3) is 0 Å². The first-order chi connectivity index (χ1) is 8.92. The third-order valence-corrected chi connectivity index (χ3v) is 5.07. The molecule has 0 amide bonds. The maximum absolute atomic E-state index is 12.0. The van der Waals surface area contributed by atoms with E-state index < -0.39 is 16.0 Å². The quantitative estimate of drug-likeness (QED) is 0.742. The van der Waals surface area contributed by atoms with E-state index in [1.807, 2.05) is 0 Å². The molecule has 1 heterocycles. The van der Waals surface area contributed by atoms with E-state index in [1.165, 1.54) is 0 Å². The van der Waals surface area contributed by atoms with Crippen molar-refractivity contribution in [2.75, 3.05) is 6.54 Å². The predicted octanol–water partition coefficient (Wildman–Crippen LogP) is 0.822. The minimum atomic E-state index is -3.85. The van der Waals surface area contributed by atoms with Crippen LogP contribution in [0.2, 0.25) is 0 Å². The number of sulfonamides is 1. The van der Waals surface area contributed by atoms with Gasteiger partial charge in [-0.2, -0.15) is 5.10 Å². The summed E-state index contributed by atoms with van der Waals surface area (Å²) < 4.78 is 26.5. The molecule has 1 aromatic heterocycles. The zero-order chi connectivity index (χ0) is 14.0. The highest BCUT2D eigenvalue weighted by Crippen LogP contribution is 2.30. The Morgan fingerprint density at radius 3 is 2.89 bits per heavy atom. The minimum Gasteiger partial charge on any atom is -0.478 e. The maximum atomic E-state index is 12.0. The SMILES string of the molecule is CC1CCCC1CNS(=O)(=O)c1[nH]ncc1C(=O)O. The number of carbonyl (C=O) groups is 1. The number of carboxylic acid groups (broad SMARTS) is 1. The van der Waals surface area contributed by atoms with E-state index in [0.717, 1.165) is 25.5 Å². The summed E-state index contributed by atoms with van der Waals surface area (Å²) in [6, 6.07) is 0. The van der Waals surface area contributed by atoms with Gasteiger partial charge in [0, 0.05) is 6.54 Å². The van der Waals surface area contributed by atoms with Crippen LogP contribution in [0, 0.1) is 11.8 Å². The Hall–Kier alpha value is -1.41. The number of hydrogen-bond acceptors (Lipinski definition) is 4. The second-order valence-corrected chi connectivity index (χ2v) is 6.64. The van der Waals surface area contributed by atoms with E-state index in [2.05, 4.69) is 21.8 Å². The van der Waals surface area contributed by atoms with Crippen LogP contribution >= 0.6 is 0 Å². The van der Waals surface area contributed by atoms with Crippen LogP contribution in [0.1, 0.15) is 36.5 Å². The van der Waals surface area contributed by atoms with Gasteiger partial charge in [0.05, 0.1) is 6.20 Å². The Bertz CT molecular complexity index is 566. The second-order valence-electron chi connectivity index (χ2n) is 4.94. The summed E-state index contributed by atoms with van der Waals surface area (Å²) in [5, 5.41) is 14.2. The summed E-state index contributed by atoms with van der Waals surface area (Å²) in [4.78, 5) is 10.9. The van der Waals surface area contributed by atoms with Crippen LogP contribution < -0.4 is 4.72 Å². The first-order valence-corrected chi connectivity index (χ1v) is 7.66. The van der Waals surface area contributed by atoms with Gasteiger partial charge in [0.15, 0.2) is 5.03 Å². The summed E-state index contributed by atoms with van der Waals surface area (Å²) in [5.74, 6) is -0.516. The normalized spacial score (nSPS) is 23.6. The molecule has 2 atom stereocenters. The molecular formula is C11H17N3O4S. The van der Waals surface area contributed by atoms with Crippen molar-refractivity contribution >= 4 is 16.0 Å². The smallest absolute Gasteiger partial charge is 0.340 e. The lowest BCUT2D eigenvalue weighted by molar-refractivity contribution is 0.0692. The van der Waals surface area contributed by atoms with E-state index >= 15 is 0 Å². The van der Waals surface area contributed by atoms with Gasteiger partial charge in [-0.25, -0.2) is 17.9 Å². The fraction of sp³-hybridized carbons (Fsp3) is 0.636. The zero-order valence-electron chi connectivity index (χ0n) is 10.6. The Kier molecular flexibility index (Phi) is 3.91. The Labute approximate surface area is 111 Å². The van der Waals surface area contributed by atoms with Crippen molar-refractivity contribution in [3.05, 3.63) is 11.8 Å². The predicted molar refractivity (Wildman–Crippen MR) is 67.2 cm³/mol. The molecule has 2 rings (SSSR count). The molecule has 0 bridgehead atoms. The van der Waals surface area contributed by atoms with E-state index in [-0.39, 0.29) is 10.6 Å². The van der Waals surface area contributed by atoms with Crippen molar-refractivity contribution in [3.63, 3.8) is 0 Å². The number of nitrogens with one attached hydrogen (secondary N) is 2. The zero-order valence-corrected chi connectivity index (χ0v) is 11.4. The fourth-order valence-corrected chi connectivity index (χ4v) is 3.63. The maximum Gasteiger partial charge on any atom is 0.340 e. The molecule has 1 fully saturated rings. The van der Waals surface area contributed by atoms with Crippen molar-refractivity contribution in [1.82, 2.24) is 14.9 Å². The van der Waals surface area contributed by atoms with Crippen molar-refractivity contribution < 1.29 is 18.3 Å². The highest BCUT2D eigenvalue weighted by Gasteiger charge is 2.28. The fourth-order valence-electron chi connectivity index (χ4n) is 2.45. The molecule has 1 aliphatic rings. The van der Waals surface area contributed by atoms with E-state index in [4.69, 9.17) is 5.11 Å². The largest absolute Gasteiger partial charge is 0.478 e. The lowest BCUT2D eigenvalue weighted by atomic mass is 9.99. The number of nitrogens with zero attached hydrogens (tertiary/aromatic N) is 1. The van der Waals surface area contributed by atoms with E-state index in [1.54, 1.807) is 0 Å². The number of aromatic carboxylic acids is 1. The summed E-state index contributed by atoms with van der Waals surface area (Å²) in [6.07, 6.45) is 4.21. The van der Waals surface area contributed by atoms with Crippen LogP contribution in [-0.2, 0) is 10.0 Å². The molecule has 0 saturated heterocycles. The van der Waals surface area contributed by atoms with Gasteiger partial charge in [0.25, 0.3) is 10.0 Å². The number of H-pyrrole nitrogens is 1. The molecule has 8 heteroatoms. The lowest BCUT2D eigenvalue weighted by Gasteiger charge is -2.15. The summed E-state index contributed by atoms with van der Waals surface area (Å²) in [5.41, 5.74) is -0.341. The van der Waals surface area contributed by atoms with Crippen LogP contribution in [-0.4, -0.2) is 36.2 Å². The Morgan fingerprint density at radius 1 is 1.58 bits per heavy atom. The molecule has 1 saturated carbocycles. The van der Waals surface area contributed by atoms with Gasteiger partial charge < -0.3 is 5.11 Å². The average Bonchev–Trinajstić information content (AvgIpc) is 2.95. The topological polar surface area (TPSA) is 112 Å². The standard InChI is InChI=1S/C11H17N3O4S/c1-7-3-2-4-8(7)5-13-19(17,18)10-9(11(15)16)6-12-14-10/h6-8,13H,2-5H2,1H3,(H,12,14)(H,15,16). The first kappa shape index (κ1) is 14.0. The highest BCUT2D eigenvalue weighted by atomic mass is 32.2. The number of aromatic nitrogens is 2. The Morgan fingerprint density at radius 2 is 2.32 bits per heavy atom. The molecule has 106 valence electrons. The van der Waals surface area contributed by atoms with Crippen LogP contribution in [0.5, 0.6) is 0 Å². The summed E-state index contributed by atoms with van der Waals surface area (Å²) >= 11 is 0. The number of hydrogen-bond donors (Lipinski definition) is 3. The van der Waals surface area contributed by atoms with Gasteiger partial charge in [0.1, 0.15) is 5.56 Å². The van der Waals surface area contributed by atoms with Crippen LogP contribution in [0.15, 0.2) is 11.2 Å². The van der Waals surface area contributed by atoms with Crippen molar-refractivity contribution in [2.45, 2.75) is 31.2 Å². The first-order valence-electron chi connectivity index (χ1n) is 6.18. The van der Waals surface area contributed by atoms with Crippen molar-refractivity contribution in [3.8, 4) is 0 Å². The molecule has 0 aromatic carbocycles. The van der Waals surface area contributed by atoms with Crippen molar-refractivity contribution in [1.29, 1.82) is 0 Å². The molecule has 0 spiro atoms. The molecular weight excluding hydrogens is 270 g/mol. The molecule has 1 aliphatic carbocycles. The van der Waals surface area contributed by atoms with Gasteiger partial charge in [-0.3, -0.25) is 5.10 Å². The number of carboxylic acids is 1. The van der Waals surface area contributed by atoms with Crippen LogP contribution in [0.3, 0.4) is 0 Å². The number of aromatic amines is 1.